The summed E-state index contributed by atoms with van der Waals surface area (Å²) >= 11 is 0. The van der Waals surface area contributed by atoms with Gasteiger partial charge in [0, 0.05) is 12.5 Å². The van der Waals surface area contributed by atoms with E-state index in [0.717, 1.165) is 37.1 Å². The van der Waals surface area contributed by atoms with Gasteiger partial charge in [0.15, 0.2) is 0 Å². The molecular weight excluding hydrogens is 310 g/mol. The summed E-state index contributed by atoms with van der Waals surface area (Å²) in [5.41, 5.74) is 3.43. The Bertz CT molecular complexity index is 757. The van der Waals surface area contributed by atoms with E-state index in [1.54, 1.807) is 5.01 Å². The maximum atomic E-state index is 12.7. The summed E-state index contributed by atoms with van der Waals surface area (Å²) in [5.74, 6) is 0.105. The number of rotatable bonds is 4. The van der Waals surface area contributed by atoms with Crippen LogP contribution in [-0.2, 0) is 4.79 Å². The van der Waals surface area contributed by atoms with Gasteiger partial charge in [0.2, 0.25) is 0 Å². The fourth-order valence-electron chi connectivity index (χ4n) is 3.79. The third kappa shape index (κ3) is 3.49. The molecule has 0 spiro atoms. The Morgan fingerprint density at radius 1 is 1.00 bits per heavy atom. The SMILES string of the molecule is O=C(CN1CCCC1c1ccccc1)N1CCC(c2ccccc2)=N1. The summed E-state index contributed by atoms with van der Waals surface area (Å²) < 4.78 is 0. The van der Waals surface area contributed by atoms with Crippen LogP contribution in [0.4, 0.5) is 0 Å². The first kappa shape index (κ1) is 16.0. The van der Waals surface area contributed by atoms with Crippen LogP contribution < -0.4 is 0 Å². The van der Waals surface area contributed by atoms with Crippen molar-refractivity contribution in [3.63, 3.8) is 0 Å². The molecule has 0 aromatic heterocycles. The lowest BCUT2D eigenvalue weighted by atomic mass is 10.0. The Kier molecular flexibility index (Phi) is 4.61. The molecule has 1 fully saturated rings. The lowest BCUT2D eigenvalue weighted by molar-refractivity contribution is -0.132. The Hall–Kier alpha value is -2.46. The minimum Gasteiger partial charge on any atom is -0.287 e. The molecule has 2 heterocycles. The maximum Gasteiger partial charge on any atom is 0.256 e. The van der Waals surface area contributed by atoms with E-state index in [1.807, 2.05) is 24.3 Å². The van der Waals surface area contributed by atoms with Crippen LogP contribution in [0.2, 0.25) is 0 Å². The molecular formula is C21H23N3O. The molecule has 2 aromatic carbocycles. The van der Waals surface area contributed by atoms with E-state index in [9.17, 15) is 4.79 Å². The molecule has 128 valence electrons. The molecule has 0 N–H and O–H groups in total. The van der Waals surface area contributed by atoms with Gasteiger partial charge in [-0.1, -0.05) is 60.7 Å². The van der Waals surface area contributed by atoms with E-state index in [2.05, 4.69) is 46.4 Å². The summed E-state index contributed by atoms with van der Waals surface area (Å²) in [6.45, 7) is 2.12. The Balaban J connectivity index is 1.43. The predicted octanol–water partition coefficient (Wildman–Crippen LogP) is 3.46. The van der Waals surface area contributed by atoms with Crippen molar-refractivity contribution < 1.29 is 4.79 Å². The molecule has 2 aliphatic heterocycles. The first-order valence-corrected chi connectivity index (χ1v) is 9.03. The Morgan fingerprint density at radius 2 is 1.72 bits per heavy atom. The standard InChI is InChI=1S/C21H23N3O/c25-21(24-15-13-19(22-24)17-8-3-1-4-9-17)16-23-14-7-12-20(23)18-10-5-2-6-11-18/h1-6,8-11,20H,7,12-16H2. The van der Waals surface area contributed by atoms with Gasteiger partial charge >= 0.3 is 0 Å². The van der Waals surface area contributed by atoms with E-state index in [4.69, 9.17) is 0 Å². The van der Waals surface area contributed by atoms with Crippen LogP contribution in [0, 0.1) is 0 Å². The molecule has 25 heavy (non-hydrogen) atoms. The number of nitrogens with zero attached hydrogens (tertiary/aromatic N) is 3. The average Bonchev–Trinajstić information content (AvgIpc) is 3.33. The van der Waals surface area contributed by atoms with E-state index in [-0.39, 0.29) is 5.91 Å². The van der Waals surface area contributed by atoms with Crippen molar-refractivity contribution in [3.8, 4) is 0 Å². The normalized spacial score (nSPS) is 20.7. The molecule has 1 saturated heterocycles. The fraction of sp³-hybridized carbons (Fsp3) is 0.333. The summed E-state index contributed by atoms with van der Waals surface area (Å²) in [5, 5.41) is 6.23. The quantitative estimate of drug-likeness (QED) is 0.859. The van der Waals surface area contributed by atoms with Crippen molar-refractivity contribution in [1.82, 2.24) is 9.91 Å². The number of benzene rings is 2. The molecule has 0 saturated carbocycles. The zero-order valence-electron chi connectivity index (χ0n) is 14.3. The van der Waals surface area contributed by atoms with Crippen LogP contribution in [-0.4, -0.2) is 41.2 Å². The van der Waals surface area contributed by atoms with Crippen molar-refractivity contribution in [2.75, 3.05) is 19.6 Å². The highest BCUT2D eigenvalue weighted by Gasteiger charge is 2.30. The zero-order chi connectivity index (χ0) is 17.1. The first-order chi connectivity index (χ1) is 12.3. The smallest absolute Gasteiger partial charge is 0.256 e. The summed E-state index contributed by atoms with van der Waals surface area (Å²) in [6, 6.07) is 21.0. The summed E-state index contributed by atoms with van der Waals surface area (Å²) in [7, 11) is 0. The van der Waals surface area contributed by atoms with Gasteiger partial charge in [-0.15, -0.1) is 0 Å². The van der Waals surface area contributed by atoms with Crippen molar-refractivity contribution >= 4 is 11.6 Å². The van der Waals surface area contributed by atoms with Crippen LogP contribution in [0.1, 0.15) is 36.4 Å². The number of amides is 1. The molecule has 4 rings (SSSR count). The topological polar surface area (TPSA) is 35.9 Å². The third-order valence-corrected chi connectivity index (χ3v) is 5.08. The molecule has 1 unspecified atom stereocenters. The monoisotopic (exact) mass is 333 g/mol. The number of hydrogen-bond donors (Lipinski definition) is 0. The predicted molar refractivity (Wildman–Crippen MR) is 99.3 cm³/mol. The lowest BCUT2D eigenvalue weighted by Gasteiger charge is -2.25. The van der Waals surface area contributed by atoms with Gasteiger partial charge in [-0.25, -0.2) is 5.01 Å². The third-order valence-electron chi connectivity index (χ3n) is 5.08. The highest BCUT2D eigenvalue weighted by Crippen LogP contribution is 2.31. The number of hydrazone groups is 1. The molecule has 0 radical (unpaired) electrons. The van der Waals surface area contributed by atoms with Crippen LogP contribution in [0.15, 0.2) is 65.8 Å². The van der Waals surface area contributed by atoms with Crippen LogP contribution in [0.5, 0.6) is 0 Å². The highest BCUT2D eigenvalue weighted by molar-refractivity contribution is 6.02. The molecule has 1 amide bonds. The van der Waals surface area contributed by atoms with E-state index < -0.39 is 0 Å². The molecule has 2 aliphatic rings. The van der Waals surface area contributed by atoms with Crippen molar-refractivity contribution in [2.45, 2.75) is 25.3 Å². The molecule has 4 heteroatoms. The highest BCUT2D eigenvalue weighted by atomic mass is 16.2. The van der Waals surface area contributed by atoms with Crippen LogP contribution >= 0.6 is 0 Å². The van der Waals surface area contributed by atoms with Gasteiger partial charge in [0.25, 0.3) is 5.91 Å². The molecule has 1 atom stereocenters. The van der Waals surface area contributed by atoms with E-state index >= 15 is 0 Å². The van der Waals surface area contributed by atoms with Gasteiger partial charge in [0.05, 0.1) is 18.8 Å². The van der Waals surface area contributed by atoms with Gasteiger partial charge in [-0.05, 0) is 30.5 Å². The minimum atomic E-state index is 0.105. The Labute approximate surface area is 148 Å². The molecule has 4 nitrogen and oxygen atoms in total. The second-order valence-electron chi connectivity index (χ2n) is 6.72. The van der Waals surface area contributed by atoms with Gasteiger partial charge in [0.1, 0.15) is 0 Å². The molecule has 0 aliphatic carbocycles. The van der Waals surface area contributed by atoms with Crippen molar-refractivity contribution in [2.24, 2.45) is 5.10 Å². The van der Waals surface area contributed by atoms with Crippen LogP contribution in [0.25, 0.3) is 0 Å². The minimum absolute atomic E-state index is 0.105. The number of hydrogen-bond acceptors (Lipinski definition) is 3. The second-order valence-corrected chi connectivity index (χ2v) is 6.72. The maximum absolute atomic E-state index is 12.7. The largest absolute Gasteiger partial charge is 0.287 e. The fourth-order valence-corrected chi connectivity index (χ4v) is 3.79. The summed E-state index contributed by atoms with van der Waals surface area (Å²) in [6.07, 6.45) is 3.10. The second kappa shape index (κ2) is 7.19. The van der Waals surface area contributed by atoms with Gasteiger partial charge in [-0.2, -0.15) is 5.10 Å². The summed E-state index contributed by atoms with van der Waals surface area (Å²) in [4.78, 5) is 15.0. The van der Waals surface area contributed by atoms with Gasteiger partial charge < -0.3 is 0 Å². The number of likely N-dealkylation sites (tertiary alicyclic amines) is 1. The average molecular weight is 333 g/mol. The lowest BCUT2D eigenvalue weighted by Crippen LogP contribution is -2.36. The molecule has 0 bridgehead atoms. The number of carbonyl (C=O) groups excluding carboxylic acids is 1. The molecule has 2 aromatic rings. The zero-order valence-corrected chi connectivity index (χ0v) is 14.3. The van der Waals surface area contributed by atoms with Gasteiger partial charge in [-0.3, -0.25) is 9.69 Å². The van der Waals surface area contributed by atoms with Crippen LogP contribution in [0.3, 0.4) is 0 Å². The van der Waals surface area contributed by atoms with Crippen molar-refractivity contribution in [3.05, 3.63) is 71.8 Å². The first-order valence-electron chi connectivity index (χ1n) is 9.03. The number of carbonyl (C=O) groups is 1. The Morgan fingerprint density at radius 3 is 2.48 bits per heavy atom. The van der Waals surface area contributed by atoms with Crippen molar-refractivity contribution in [1.29, 1.82) is 0 Å². The van der Waals surface area contributed by atoms with E-state index in [1.165, 1.54) is 5.56 Å². The van der Waals surface area contributed by atoms with E-state index in [0.29, 0.717) is 19.1 Å².